The maximum absolute atomic E-state index is 12.3. The third-order valence-corrected chi connectivity index (χ3v) is 2.12. The summed E-state index contributed by atoms with van der Waals surface area (Å²) in [5.74, 6) is -1.48. The van der Waals surface area contributed by atoms with Gasteiger partial charge in [-0.05, 0) is 18.2 Å². The van der Waals surface area contributed by atoms with E-state index < -0.39 is 23.4 Å². The normalized spacial score (nSPS) is 11.4. The summed E-state index contributed by atoms with van der Waals surface area (Å²) < 4.78 is 36.9. The molecule has 0 fully saturated rings. The lowest BCUT2D eigenvalue weighted by Crippen LogP contribution is -2.25. The van der Waals surface area contributed by atoms with Crippen molar-refractivity contribution < 1.29 is 27.9 Å². The topological polar surface area (TPSA) is 49.8 Å². The second-order valence-corrected chi connectivity index (χ2v) is 3.21. The van der Waals surface area contributed by atoms with Crippen molar-refractivity contribution in [2.45, 2.75) is 6.18 Å². The summed E-state index contributed by atoms with van der Waals surface area (Å²) in [7, 11) is 2.50. The second kappa shape index (κ2) is 4.62. The molecule has 7 heteroatoms. The molecule has 0 aromatic heterocycles. The van der Waals surface area contributed by atoms with Gasteiger partial charge in [-0.1, -0.05) is 0 Å². The third-order valence-electron chi connectivity index (χ3n) is 2.12. The van der Waals surface area contributed by atoms with Gasteiger partial charge in [0, 0.05) is 7.05 Å². The van der Waals surface area contributed by atoms with Gasteiger partial charge in [0.05, 0.1) is 18.2 Å². The smallest absolute Gasteiger partial charge is 0.416 e. The Balaban J connectivity index is 3.11. The predicted octanol–water partition coefficient (Wildman–Crippen LogP) is 2.04. The van der Waals surface area contributed by atoms with E-state index in [1.54, 1.807) is 0 Å². The molecule has 0 saturated heterocycles. The van der Waals surface area contributed by atoms with Crippen molar-refractivity contribution in [3.05, 3.63) is 29.3 Å². The number of hydrogen-bond acceptors (Lipinski definition) is 3. The highest BCUT2D eigenvalue weighted by Gasteiger charge is 2.31. The van der Waals surface area contributed by atoms with Crippen molar-refractivity contribution in [1.29, 1.82) is 0 Å². The van der Waals surface area contributed by atoms with Crippen molar-refractivity contribution in [2.75, 3.05) is 14.2 Å². The maximum Gasteiger partial charge on any atom is 0.416 e. The van der Waals surface area contributed by atoms with Gasteiger partial charge < -0.3 is 5.11 Å². The molecule has 0 bridgehead atoms. The Labute approximate surface area is 95.2 Å². The highest BCUT2D eigenvalue weighted by atomic mass is 19.4. The predicted molar refractivity (Wildman–Crippen MR) is 52.2 cm³/mol. The van der Waals surface area contributed by atoms with E-state index >= 15 is 0 Å². The molecule has 1 aromatic carbocycles. The van der Waals surface area contributed by atoms with Crippen LogP contribution in [0.15, 0.2) is 18.2 Å². The molecule has 0 unspecified atom stereocenters. The molecule has 0 saturated carbocycles. The monoisotopic (exact) mass is 249 g/mol. The zero-order valence-electron chi connectivity index (χ0n) is 9.08. The molecule has 4 nitrogen and oxygen atoms in total. The first-order valence-corrected chi connectivity index (χ1v) is 4.49. The van der Waals surface area contributed by atoms with Gasteiger partial charge in [-0.2, -0.15) is 13.2 Å². The molecule has 0 aliphatic carbocycles. The van der Waals surface area contributed by atoms with Gasteiger partial charge >= 0.3 is 6.18 Å². The molecule has 0 spiro atoms. The molecule has 0 aliphatic rings. The average molecular weight is 249 g/mol. The second-order valence-electron chi connectivity index (χ2n) is 3.21. The van der Waals surface area contributed by atoms with Gasteiger partial charge in [-0.25, -0.2) is 5.06 Å². The number of rotatable bonds is 2. The Bertz CT molecular complexity index is 431. The summed E-state index contributed by atoms with van der Waals surface area (Å²) >= 11 is 0. The van der Waals surface area contributed by atoms with Crippen LogP contribution in [-0.4, -0.2) is 30.2 Å². The number of amides is 1. The number of alkyl halides is 3. The first-order valence-electron chi connectivity index (χ1n) is 4.49. The van der Waals surface area contributed by atoms with Gasteiger partial charge in [-0.3, -0.25) is 9.63 Å². The standard InChI is InChI=1S/C10H10F3NO3/c1-14(17-2)9(16)7-4-3-6(5-8(7)15)10(11,12)13/h3-5,15H,1-2H3. The zero-order valence-corrected chi connectivity index (χ0v) is 9.08. The van der Waals surface area contributed by atoms with Crippen LogP contribution in [0.1, 0.15) is 15.9 Å². The van der Waals surface area contributed by atoms with E-state index in [0.717, 1.165) is 17.2 Å². The largest absolute Gasteiger partial charge is 0.507 e. The Morgan fingerprint density at radius 2 is 2.00 bits per heavy atom. The minimum Gasteiger partial charge on any atom is -0.507 e. The van der Waals surface area contributed by atoms with E-state index in [-0.39, 0.29) is 5.56 Å². The van der Waals surface area contributed by atoms with Crippen LogP contribution >= 0.6 is 0 Å². The minimum atomic E-state index is -4.56. The fourth-order valence-electron chi connectivity index (χ4n) is 1.14. The average Bonchev–Trinajstić information content (AvgIpc) is 2.25. The summed E-state index contributed by atoms with van der Waals surface area (Å²) in [6.07, 6.45) is -4.56. The quantitative estimate of drug-likeness (QED) is 0.816. The van der Waals surface area contributed by atoms with Crippen molar-refractivity contribution in [3.63, 3.8) is 0 Å². The number of hydroxylamine groups is 2. The zero-order chi connectivity index (χ0) is 13.2. The molecule has 0 atom stereocenters. The van der Waals surface area contributed by atoms with Crippen molar-refractivity contribution >= 4 is 5.91 Å². The summed E-state index contributed by atoms with van der Waals surface area (Å²) in [6.45, 7) is 0. The lowest BCUT2D eigenvalue weighted by Gasteiger charge is -2.15. The Hall–Kier alpha value is -1.76. The van der Waals surface area contributed by atoms with E-state index in [2.05, 4.69) is 4.84 Å². The molecule has 94 valence electrons. The van der Waals surface area contributed by atoms with Crippen LogP contribution in [0.5, 0.6) is 5.75 Å². The van der Waals surface area contributed by atoms with Crippen molar-refractivity contribution in [3.8, 4) is 5.75 Å². The number of carbonyl (C=O) groups excluding carboxylic acids is 1. The Morgan fingerprint density at radius 1 is 1.41 bits per heavy atom. The fourth-order valence-corrected chi connectivity index (χ4v) is 1.14. The molecule has 1 aromatic rings. The Morgan fingerprint density at radius 3 is 2.41 bits per heavy atom. The van der Waals surface area contributed by atoms with Gasteiger partial charge in [-0.15, -0.1) is 0 Å². The van der Waals surface area contributed by atoms with Crippen LogP contribution in [-0.2, 0) is 11.0 Å². The van der Waals surface area contributed by atoms with E-state index in [4.69, 9.17) is 0 Å². The number of carbonyl (C=O) groups is 1. The minimum absolute atomic E-state index is 0.262. The highest BCUT2D eigenvalue weighted by molar-refractivity contribution is 5.96. The van der Waals surface area contributed by atoms with Gasteiger partial charge in [0.1, 0.15) is 5.75 Å². The highest BCUT2D eigenvalue weighted by Crippen LogP contribution is 2.32. The molecule has 1 N–H and O–H groups in total. The van der Waals surface area contributed by atoms with Crippen LogP contribution < -0.4 is 0 Å². The number of nitrogens with zero attached hydrogens (tertiary/aromatic N) is 1. The van der Waals surface area contributed by atoms with Crippen molar-refractivity contribution in [1.82, 2.24) is 5.06 Å². The number of phenols is 1. The maximum atomic E-state index is 12.3. The van der Waals surface area contributed by atoms with E-state index in [0.29, 0.717) is 6.07 Å². The molecular formula is C10H10F3NO3. The summed E-state index contributed by atoms with van der Waals surface area (Å²) in [6, 6.07) is 2.11. The van der Waals surface area contributed by atoms with E-state index in [1.807, 2.05) is 0 Å². The molecule has 1 rings (SSSR count). The summed E-state index contributed by atoms with van der Waals surface area (Å²) in [5, 5.41) is 10.2. The molecule has 17 heavy (non-hydrogen) atoms. The van der Waals surface area contributed by atoms with Gasteiger partial charge in [0.15, 0.2) is 0 Å². The SMILES string of the molecule is CON(C)C(=O)c1ccc(C(F)(F)F)cc1O. The summed E-state index contributed by atoms with van der Waals surface area (Å²) in [4.78, 5) is 16.1. The number of benzene rings is 1. The van der Waals surface area contributed by atoms with Gasteiger partial charge in [0.25, 0.3) is 5.91 Å². The number of phenolic OH excluding ortho intramolecular Hbond substituents is 1. The molecular weight excluding hydrogens is 239 g/mol. The molecule has 1 amide bonds. The molecule has 0 radical (unpaired) electrons. The molecule has 0 aliphatic heterocycles. The van der Waals surface area contributed by atoms with Crippen LogP contribution in [0.3, 0.4) is 0 Å². The number of hydrogen-bond donors (Lipinski definition) is 1. The first-order chi connectivity index (χ1) is 7.77. The lowest BCUT2D eigenvalue weighted by molar-refractivity contribution is -0.137. The Kier molecular flexibility index (Phi) is 3.62. The number of halogens is 3. The van der Waals surface area contributed by atoms with Crippen molar-refractivity contribution in [2.24, 2.45) is 0 Å². The first kappa shape index (κ1) is 13.3. The van der Waals surface area contributed by atoms with E-state index in [1.165, 1.54) is 14.2 Å². The number of aromatic hydroxyl groups is 1. The fraction of sp³-hybridized carbons (Fsp3) is 0.300. The third kappa shape index (κ3) is 2.88. The van der Waals surface area contributed by atoms with Crippen LogP contribution in [0.4, 0.5) is 13.2 Å². The molecule has 0 heterocycles. The van der Waals surface area contributed by atoms with E-state index in [9.17, 15) is 23.1 Å². The summed E-state index contributed by atoms with van der Waals surface area (Å²) in [5.41, 5.74) is -1.28. The van der Waals surface area contributed by atoms with Crippen LogP contribution in [0.2, 0.25) is 0 Å². The van der Waals surface area contributed by atoms with Crippen LogP contribution in [0.25, 0.3) is 0 Å². The lowest BCUT2D eigenvalue weighted by atomic mass is 10.1. The van der Waals surface area contributed by atoms with Crippen LogP contribution in [0, 0.1) is 0 Å². The van der Waals surface area contributed by atoms with Gasteiger partial charge in [0.2, 0.25) is 0 Å².